The lowest BCUT2D eigenvalue weighted by molar-refractivity contribution is 0.113. The van der Waals surface area contributed by atoms with Crippen molar-refractivity contribution in [3.05, 3.63) is 24.2 Å². The lowest BCUT2D eigenvalue weighted by atomic mass is 10.1. The topological polar surface area (TPSA) is 34.4 Å². The first-order chi connectivity index (χ1) is 7.74. The molecule has 0 aromatic carbocycles. The molecule has 1 unspecified atom stereocenters. The van der Waals surface area contributed by atoms with Crippen molar-refractivity contribution in [1.82, 2.24) is 5.32 Å². The maximum atomic E-state index is 5.59. The van der Waals surface area contributed by atoms with Crippen molar-refractivity contribution in [1.29, 1.82) is 0 Å². The van der Waals surface area contributed by atoms with Gasteiger partial charge in [0.1, 0.15) is 5.76 Å². The first-order valence-electron chi connectivity index (χ1n) is 6.02. The number of hydrogen-bond donors (Lipinski definition) is 1. The van der Waals surface area contributed by atoms with E-state index in [1.54, 1.807) is 6.26 Å². The minimum atomic E-state index is 0.258. The molecule has 3 nitrogen and oxygen atoms in total. The molecule has 1 aromatic rings. The molecule has 0 radical (unpaired) electrons. The molecule has 0 amide bonds. The summed E-state index contributed by atoms with van der Waals surface area (Å²) >= 11 is 0. The summed E-state index contributed by atoms with van der Waals surface area (Å²) in [6.45, 7) is 6.05. The van der Waals surface area contributed by atoms with Crippen LogP contribution in [0.25, 0.3) is 0 Å². The third-order valence-electron chi connectivity index (χ3n) is 2.63. The van der Waals surface area contributed by atoms with Crippen LogP contribution in [0, 0.1) is 5.92 Å². The number of nitrogens with one attached hydrogen (secondary N) is 1. The van der Waals surface area contributed by atoms with Gasteiger partial charge in [-0.3, -0.25) is 0 Å². The third-order valence-corrected chi connectivity index (χ3v) is 2.63. The molecule has 0 aliphatic rings. The van der Waals surface area contributed by atoms with E-state index in [0.29, 0.717) is 5.92 Å². The Morgan fingerprint density at radius 2 is 2.06 bits per heavy atom. The Labute approximate surface area is 98.2 Å². The van der Waals surface area contributed by atoms with Gasteiger partial charge in [0, 0.05) is 13.2 Å². The van der Waals surface area contributed by atoms with E-state index in [1.165, 1.54) is 0 Å². The van der Waals surface area contributed by atoms with Crippen LogP contribution in [0.2, 0.25) is 0 Å². The van der Waals surface area contributed by atoms with Crippen molar-refractivity contribution in [3.63, 3.8) is 0 Å². The summed E-state index contributed by atoms with van der Waals surface area (Å²) < 4.78 is 11.0. The van der Waals surface area contributed by atoms with E-state index < -0.39 is 0 Å². The van der Waals surface area contributed by atoms with Crippen molar-refractivity contribution in [2.45, 2.75) is 32.7 Å². The Morgan fingerprint density at radius 3 is 2.62 bits per heavy atom. The molecule has 92 valence electrons. The maximum absolute atomic E-state index is 5.59. The molecule has 1 aromatic heterocycles. The molecule has 0 saturated carbocycles. The van der Waals surface area contributed by atoms with Crippen LogP contribution in [0.5, 0.6) is 0 Å². The zero-order chi connectivity index (χ0) is 11.8. The zero-order valence-electron chi connectivity index (χ0n) is 10.5. The van der Waals surface area contributed by atoms with Crippen LogP contribution in [0.15, 0.2) is 22.8 Å². The van der Waals surface area contributed by atoms with Crippen molar-refractivity contribution < 1.29 is 9.15 Å². The highest BCUT2D eigenvalue weighted by atomic mass is 16.5. The molecule has 0 bridgehead atoms. The van der Waals surface area contributed by atoms with Gasteiger partial charge in [0.25, 0.3) is 0 Å². The Balaban J connectivity index is 2.15. The monoisotopic (exact) mass is 225 g/mol. The molecule has 16 heavy (non-hydrogen) atoms. The summed E-state index contributed by atoms with van der Waals surface area (Å²) in [5.41, 5.74) is 0. The van der Waals surface area contributed by atoms with E-state index in [1.807, 2.05) is 19.2 Å². The lowest BCUT2D eigenvalue weighted by Crippen LogP contribution is -2.18. The van der Waals surface area contributed by atoms with Gasteiger partial charge in [0.15, 0.2) is 0 Å². The molecule has 1 atom stereocenters. The van der Waals surface area contributed by atoms with Crippen LogP contribution in [0.4, 0.5) is 0 Å². The number of rotatable bonds is 8. The largest absolute Gasteiger partial charge is 0.468 e. The fourth-order valence-corrected chi connectivity index (χ4v) is 1.54. The van der Waals surface area contributed by atoms with E-state index in [9.17, 15) is 0 Å². The number of furan rings is 1. The van der Waals surface area contributed by atoms with E-state index in [2.05, 4.69) is 19.2 Å². The van der Waals surface area contributed by atoms with Gasteiger partial charge in [-0.15, -0.1) is 0 Å². The predicted octanol–water partition coefficient (Wildman–Crippen LogP) is 2.99. The van der Waals surface area contributed by atoms with Gasteiger partial charge in [-0.25, -0.2) is 0 Å². The third kappa shape index (κ3) is 4.81. The molecule has 0 aliphatic heterocycles. The zero-order valence-corrected chi connectivity index (χ0v) is 10.5. The molecule has 1 rings (SSSR count). The summed E-state index contributed by atoms with van der Waals surface area (Å²) in [4.78, 5) is 0. The van der Waals surface area contributed by atoms with Gasteiger partial charge in [-0.2, -0.15) is 0 Å². The Bertz CT molecular complexity index is 257. The van der Waals surface area contributed by atoms with Gasteiger partial charge in [-0.1, -0.05) is 13.8 Å². The highest BCUT2D eigenvalue weighted by molar-refractivity contribution is 5.03. The van der Waals surface area contributed by atoms with Crippen LogP contribution in [0.1, 0.15) is 38.5 Å². The van der Waals surface area contributed by atoms with Gasteiger partial charge in [0.05, 0.1) is 12.3 Å². The fourth-order valence-electron chi connectivity index (χ4n) is 1.54. The second kappa shape index (κ2) is 7.47. The second-order valence-electron chi connectivity index (χ2n) is 4.44. The molecule has 0 spiro atoms. The summed E-state index contributed by atoms with van der Waals surface area (Å²) in [6, 6.07) is 4.17. The van der Waals surface area contributed by atoms with Crippen molar-refractivity contribution in [2.75, 3.05) is 20.3 Å². The summed E-state index contributed by atoms with van der Waals surface area (Å²) in [5.74, 6) is 1.69. The van der Waals surface area contributed by atoms with Crippen molar-refractivity contribution in [2.24, 2.45) is 5.92 Å². The van der Waals surface area contributed by atoms with E-state index in [4.69, 9.17) is 9.15 Å². The van der Waals surface area contributed by atoms with Crippen LogP contribution in [0.3, 0.4) is 0 Å². The van der Waals surface area contributed by atoms with E-state index in [-0.39, 0.29) is 6.04 Å². The molecular weight excluding hydrogens is 202 g/mol. The Morgan fingerprint density at radius 1 is 1.31 bits per heavy atom. The summed E-state index contributed by atoms with van der Waals surface area (Å²) in [7, 11) is 1.95. The molecule has 1 heterocycles. The number of ether oxygens (including phenoxy) is 1. The van der Waals surface area contributed by atoms with Crippen LogP contribution >= 0.6 is 0 Å². The first kappa shape index (κ1) is 13.3. The Hall–Kier alpha value is -0.800. The average molecular weight is 225 g/mol. The van der Waals surface area contributed by atoms with E-state index in [0.717, 1.165) is 31.8 Å². The van der Waals surface area contributed by atoms with Crippen molar-refractivity contribution in [3.8, 4) is 0 Å². The highest BCUT2D eigenvalue weighted by Crippen LogP contribution is 2.16. The highest BCUT2D eigenvalue weighted by Gasteiger charge is 2.11. The van der Waals surface area contributed by atoms with Crippen LogP contribution < -0.4 is 5.32 Å². The molecule has 0 fully saturated rings. The molecular formula is C13H23NO2. The molecule has 1 N–H and O–H groups in total. The Kier molecular flexibility index (Phi) is 6.19. The SMILES string of the molecule is CNC(CCOCCC(C)C)c1ccco1. The van der Waals surface area contributed by atoms with Crippen molar-refractivity contribution >= 4 is 0 Å². The smallest absolute Gasteiger partial charge is 0.120 e. The lowest BCUT2D eigenvalue weighted by Gasteiger charge is -2.13. The van der Waals surface area contributed by atoms with Crippen LogP contribution in [-0.2, 0) is 4.74 Å². The minimum Gasteiger partial charge on any atom is -0.468 e. The predicted molar refractivity (Wildman–Crippen MR) is 65.4 cm³/mol. The summed E-state index contributed by atoms with van der Waals surface area (Å²) in [5, 5.41) is 3.23. The fraction of sp³-hybridized carbons (Fsp3) is 0.692. The van der Waals surface area contributed by atoms with E-state index >= 15 is 0 Å². The number of hydrogen-bond acceptors (Lipinski definition) is 3. The second-order valence-corrected chi connectivity index (χ2v) is 4.44. The first-order valence-corrected chi connectivity index (χ1v) is 6.02. The van der Waals surface area contributed by atoms with Gasteiger partial charge >= 0.3 is 0 Å². The molecule has 0 aliphatic carbocycles. The molecule has 3 heteroatoms. The standard InChI is InChI=1S/C13H23NO2/c1-11(2)6-9-15-10-7-12(14-3)13-5-4-8-16-13/h4-5,8,11-12,14H,6-7,9-10H2,1-3H3. The average Bonchev–Trinajstić information content (AvgIpc) is 2.76. The van der Waals surface area contributed by atoms with Crippen LogP contribution in [-0.4, -0.2) is 20.3 Å². The minimum absolute atomic E-state index is 0.258. The van der Waals surface area contributed by atoms with Gasteiger partial charge in [0.2, 0.25) is 0 Å². The normalized spacial score (nSPS) is 13.2. The molecule has 0 saturated heterocycles. The quantitative estimate of drug-likeness (QED) is 0.691. The van der Waals surface area contributed by atoms with Gasteiger partial charge in [-0.05, 0) is 37.9 Å². The van der Waals surface area contributed by atoms with Gasteiger partial charge < -0.3 is 14.5 Å². The maximum Gasteiger partial charge on any atom is 0.120 e. The summed E-state index contributed by atoms with van der Waals surface area (Å²) in [6.07, 6.45) is 3.78.